The molecule has 0 aliphatic heterocycles. The van der Waals surface area contributed by atoms with Crippen LogP contribution in [0.4, 0.5) is 0 Å². The number of fused-ring (bicyclic) bond motifs is 6. The number of rotatable bonds is 7. The van der Waals surface area contributed by atoms with Gasteiger partial charge in [0.25, 0.3) is 0 Å². The van der Waals surface area contributed by atoms with Crippen molar-refractivity contribution in [3.8, 4) is 0 Å². The number of hydrogen-bond acceptors (Lipinski definition) is 0. The highest BCUT2D eigenvalue weighted by Crippen LogP contribution is 2.59. The molecule has 0 N–H and O–H groups in total. The van der Waals surface area contributed by atoms with E-state index in [2.05, 4.69) is 244 Å². The van der Waals surface area contributed by atoms with Crippen LogP contribution >= 0.6 is 0 Å². The van der Waals surface area contributed by atoms with Crippen LogP contribution in [0.1, 0.15) is 59.1 Å². The number of allylic oxidation sites excluding steroid dienone is 29. The summed E-state index contributed by atoms with van der Waals surface area (Å²) < 4.78 is 0. The zero-order chi connectivity index (χ0) is 45.2. The molecule has 4 aromatic carbocycles. The van der Waals surface area contributed by atoms with Crippen molar-refractivity contribution in [3.63, 3.8) is 0 Å². The third-order valence-electron chi connectivity index (χ3n) is 16.5. The first-order valence-electron chi connectivity index (χ1n) is 25.1. The molecule has 7 unspecified atom stereocenters. The van der Waals surface area contributed by atoms with Gasteiger partial charge in [-0.3, -0.25) is 0 Å². The molecule has 13 rings (SSSR count). The molecule has 328 valence electrons. The molecule has 0 bridgehead atoms. The van der Waals surface area contributed by atoms with Crippen LogP contribution in [-0.2, 0) is 5.41 Å². The first-order chi connectivity index (χ1) is 33.6. The Morgan fingerprint density at radius 2 is 1.19 bits per heavy atom. The van der Waals surface area contributed by atoms with Crippen molar-refractivity contribution in [1.29, 1.82) is 0 Å². The van der Waals surface area contributed by atoms with Gasteiger partial charge in [0, 0.05) is 35.5 Å². The Balaban J connectivity index is 0.860. The normalized spacial score (nSPS) is 28.0. The minimum absolute atomic E-state index is 0.250. The van der Waals surface area contributed by atoms with Gasteiger partial charge < -0.3 is 0 Å². The molecule has 0 spiro atoms. The second-order valence-electron chi connectivity index (χ2n) is 20.0. The molecule has 0 radical (unpaired) electrons. The Kier molecular flexibility index (Phi) is 10.1. The predicted molar refractivity (Wildman–Crippen MR) is 285 cm³/mol. The lowest BCUT2D eigenvalue weighted by molar-refractivity contribution is 0.564. The van der Waals surface area contributed by atoms with Crippen molar-refractivity contribution in [3.05, 3.63) is 308 Å². The monoisotopic (exact) mass is 872 g/mol. The molecular weight excluding hydrogens is 817 g/mol. The third kappa shape index (κ3) is 6.56. The summed E-state index contributed by atoms with van der Waals surface area (Å²) in [5.74, 6) is 2.02. The van der Waals surface area contributed by atoms with E-state index in [1.165, 1.54) is 88.4 Å². The summed E-state index contributed by atoms with van der Waals surface area (Å²) in [5, 5.41) is 2.74. The molecule has 0 amide bonds. The molecule has 7 atom stereocenters. The van der Waals surface area contributed by atoms with E-state index < -0.39 is 0 Å². The van der Waals surface area contributed by atoms with Crippen molar-refractivity contribution in [1.82, 2.24) is 0 Å². The summed E-state index contributed by atoms with van der Waals surface area (Å²) in [5.41, 5.74) is 21.0. The Morgan fingerprint density at radius 3 is 1.99 bits per heavy atom. The fourth-order valence-corrected chi connectivity index (χ4v) is 13.4. The van der Waals surface area contributed by atoms with E-state index in [0.717, 1.165) is 25.7 Å². The Bertz CT molecular complexity index is 3390. The zero-order valence-electron chi connectivity index (χ0n) is 38.8. The maximum absolute atomic E-state index is 2.54. The predicted octanol–water partition coefficient (Wildman–Crippen LogP) is 14.6. The second kappa shape index (κ2) is 16.8. The van der Waals surface area contributed by atoms with Gasteiger partial charge in [0.15, 0.2) is 0 Å². The third-order valence-corrected chi connectivity index (χ3v) is 16.5. The van der Waals surface area contributed by atoms with Gasteiger partial charge in [-0.15, -0.1) is 0 Å². The topological polar surface area (TPSA) is 0 Å². The highest BCUT2D eigenvalue weighted by Gasteiger charge is 2.49. The minimum Gasteiger partial charge on any atom is -0.0836 e. The summed E-state index contributed by atoms with van der Waals surface area (Å²) in [6.07, 6.45) is 58.3. The van der Waals surface area contributed by atoms with E-state index in [4.69, 9.17) is 0 Å². The summed E-state index contributed by atoms with van der Waals surface area (Å²) in [4.78, 5) is 0. The highest BCUT2D eigenvalue weighted by molar-refractivity contribution is 5.91. The quantitative estimate of drug-likeness (QED) is 0.174. The molecule has 0 heteroatoms. The molecule has 9 aliphatic carbocycles. The average Bonchev–Trinajstić information content (AvgIpc) is 3.71. The van der Waals surface area contributed by atoms with Crippen LogP contribution in [-0.4, -0.2) is 0 Å². The minimum atomic E-state index is -0.250. The van der Waals surface area contributed by atoms with E-state index >= 15 is 0 Å². The van der Waals surface area contributed by atoms with Crippen molar-refractivity contribution in [2.24, 2.45) is 35.5 Å². The van der Waals surface area contributed by atoms with Gasteiger partial charge in [0.05, 0.1) is 5.41 Å². The van der Waals surface area contributed by atoms with Gasteiger partial charge in [-0.1, -0.05) is 248 Å². The van der Waals surface area contributed by atoms with Crippen LogP contribution in [0.25, 0.3) is 22.8 Å². The van der Waals surface area contributed by atoms with Crippen LogP contribution in [0, 0.1) is 42.4 Å². The van der Waals surface area contributed by atoms with Gasteiger partial charge in [-0.25, -0.2) is 0 Å². The van der Waals surface area contributed by atoms with Crippen LogP contribution in [0.3, 0.4) is 0 Å². The molecule has 0 heterocycles. The average molecular weight is 873 g/mol. The summed E-state index contributed by atoms with van der Waals surface area (Å²) in [6, 6.07) is 37.3. The molecule has 0 fully saturated rings. The van der Waals surface area contributed by atoms with Gasteiger partial charge in [-0.05, 0) is 115 Å². The van der Waals surface area contributed by atoms with E-state index in [-0.39, 0.29) is 17.3 Å². The smallest absolute Gasteiger partial charge is 0.0639 e. The standard InChI is InChI=1S/C68H56/c1-45-29-40-51(41-30-45)68(64-27-12-10-20-58(64)59-21-11-13-28-65(59)68)52-42-37-50(38-43-52)67-62-24-8-6-22-60(62)66(61-23-7-9-25-63(61)67)49-35-32-46(33-36-49)31-34-48-39-44-57(55-19-5-4-18-54(48)55)56-26-14-16-47-15-2-3-17-53(47)56/h2-12,14-27,29-37,39-42,44,47,53-55,60,62H,13,28,38,43H2,1H3. The highest BCUT2D eigenvalue weighted by atomic mass is 14.5. The molecule has 68 heavy (non-hydrogen) atoms. The van der Waals surface area contributed by atoms with Crippen molar-refractivity contribution >= 4 is 22.8 Å². The first kappa shape index (κ1) is 41.0. The largest absolute Gasteiger partial charge is 0.0836 e. The van der Waals surface area contributed by atoms with Crippen LogP contribution in [0.5, 0.6) is 0 Å². The maximum atomic E-state index is 2.54. The lowest BCUT2D eigenvalue weighted by atomic mass is 9.62. The number of aryl methyl sites for hydroxylation is 1. The van der Waals surface area contributed by atoms with E-state index in [1.54, 1.807) is 5.57 Å². The molecule has 0 saturated carbocycles. The lowest BCUT2D eigenvalue weighted by Crippen LogP contribution is -2.40. The van der Waals surface area contributed by atoms with Crippen LogP contribution < -0.4 is 10.4 Å². The lowest BCUT2D eigenvalue weighted by Gasteiger charge is -2.40. The Hall–Kier alpha value is -7.28. The molecule has 0 saturated heterocycles. The maximum Gasteiger partial charge on any atom is 0.0639 e. The van der Waals surface area contributed by atoms with Crippen molar-refractivity contribution in [2.75, 3.05) is 0 Å². The molecule has 9 aliphatic rings. The fraction of sp³-hybridized carbons (Fsp3) is 0.176. The van der Waals surface area contributed by atoms with Crippen LogP contribution in [0.15, 0.2) is 264 Å². The van der Waals surface area contributed by atoms with Gasteiger partial charge >= 0.3 is 0 Å². The van der Waals surface area contributed by atoms with E-state index in [9.17, 15) is 0 Å². The van der Waals surface area contributed by atoms with Crippen LogP contribution in [0.2, 0.25) is 0 Å². The van der Waals surface area contributed by atoms with E-state index in [0.29, 0.717) is 23.7 Å². The second-order valence-corrected chi connectivity index (χ2v) is 20.0. The SMILES string of the molecule is Cc1ccc(C2(C3=CC=C(C4=c5ccccc5=C(c5ccc(C=CC6=CC=C(C7=CC=CC8C=CC=CC78)C7C=CC=CC67)cc5)C5C=CC=CC45)CC3)C3=C(C=CCC3)c3ccccc32)cc1. The molecule has 0 aromatic heterocycles. The molecule has 0 nitrogen and oxygen atoms in total. The Labute approximate surface area is 402 Å². The number of benzene rings is 4. The molecule has 4 aromatic rings. The Morgan fingerprint density at radius 1 is 0.515 bits per heavy atom. The van der Waals surface area contributed by atoms with Gasteiger partial charge in [0.1, 0.15) is 0 Å². The zero-order valence-corrected chi connectivity index (χ0v) is 38.8. The first-order valence-corrected chi connectivity index (χ1v) is 25.1. The van der Waals surface area contributed by atoms with Gasteiger partial charge in [0.2, 0.25) is 0 Å². The van der Waals surface area contributed by atoms with Crippen molar-refractivity contribution in [2.45, 2.75) is 38.0 Å². The summed E-state index contributed by atoms with van der Waals surface area (Å²) in [7, 11) is 0. The van der Waals surface area contributed by atoms with E-state index in [1.807, 2.05) is 0 Å². The number of hydrogen-bond donors (Lipinski definition) is 0. The molecular formula is C68H56. The fourth-order valence-electron chi connectivity index (χ4n) is 13.4. The van der Waals surface area contributed by atoms with Crippen molar-refractivity contribution < 1.29 is 0 Å². The summed E-state index contributed by atoms with van der Waals surface area (Å²) in [6.45, 7) is 2.21. The summed E-state index contributed by atoms with van der Waals surface area (Å²) >= 11 is 0. The van der Waals surface area contributed by atoms with Gasteiger partial charge in [-0.2, -0.15) is 0 Å².